The van der Waals surface area contributed by atoms with E-state index in [1.54, 1.807) is 7.11 Å². The Morgan fingerprint density at radius 2 is 2.08 bits per heavy atom. The Labute approximate surface area is 148 Å². The molecule has 1 heterocycles. The molecule has 0 radical (unpaired) electrons. The fraction of sp³-hybridized carbons (Fsp3) is 0.588. The number of carbonyl (C=O) groups excluding carboxylic acids is 1. The fourth-order valence-electron chi connectivity index (χ4n) is 2.79. The number of nitrogens with zero attached hydrogens (tertiary/aromatic N) is 1. The summed E-state index contributed by atoms with van der Waals surface area (Å²) in [4.78, 5) is 14.4. The third kappa shape index (κ3) is 5.63. The van der Waals surface area contributed by atoms with Gasteiger partial charge in [0.05, 0.1) is 19.3 Å². The molecule has 2 atom stereocenters. The molecule has 7 heteroatoms. The number of urea groups is 1. The van der Waals surface area contributed by atoms with Crippen LogP contribution in [0, 0.1) is 0 Å². The lowest BCUT2D eigenvalue weighted by Gasteiger charge is -2.27. The molecule has 1 aromatic rings. The molecule has 2 amide bonds. The molecule has 0 bridgehead atoms. The van der Waals surface area contributed by atoms with Gasteiger partial charge < -0.3 is 20.1 Å². The van der Waals surface area contributed by atoms with Gasteiger partial charge in [0.2, 0.25) is 0 Å². The molecule has 6 nitrogen and oxygen atoms in total. The van der Waals surface area contributed by atoms with E-state index in [0.717, 1.165) is 38.4 Å². The molecule has 134 valence electrons. The van der Waals surface area contributed by atoms with Gasteiger partial charge in [-0.05, 0) is 13.0 Å². The van der Waals surface area contributed by atoms with E-state index in [-0.39, 0.29) is 18.2 Å². The highest BCUT2D eigenvalue weighted by molar-refractivity contribution is 6.31. The number of ether oxygens (including phenoxy) is 2. The summed E-state index contributed by atoms with van der Waals surface area (Å²) in [5.41, 5.74) is 0.864. The van der Waals surface area contributed by atoms with Crippen LogP contribution in [0.25, 0.3) is 0 Å². The summed E-state index contributed by atoms with van der Waals surface area (Å²) in [7, 11) is 1.61. The summed E-state index contributed by atoms with van der Waals surface area (Å²) in [6.07, 6.45) is -0.302. The summed E-state index contributed by atoms with van der Waals surface area (Å²) in [6.45, 7) is 6.67. The van der Waals surface area contributed by atoms with Gasteiger partial charge in [0.25, 0.3) is 0 Å². The zero-order valence-corrected chi connectivity index (χ0v) is 15.0. The fourth-order valence-corrected chi connectivity index (χ4v) is 3.04. The minimum absolute atomic E-state index is 0.204. The lowest BCUT2D eigenvalue weighted by Crippen LogP contribution is -2.47. The number of halogens is 1. The first-order valence-corrected chi connectivity index (χ1v) is 8.61. The SMILES string of the molecule is COC(c1ccccc1Cl)C(C)NC(=O)NCCN1CCOCC1. The number of nitrogens with one attached hydrogen (secondary N) is 2. The second-order valence-electron chi connectivity index (χ2n) is 5.82. The van der Waals surface area contributed by atoms with Crippen LogP contribution in [0.3, 0.4) is 0 Å². The molecule has 24 heavy (non-hydrogen) atoms. The molecule has 1 saturated heterocycles. The molecule has 1 aliphatic rings. The topological polar surface area (TPSA) is 62.8 Å². The van der Waals surface area contributed by atoms with E-state index in [9.17, 15) is 4.79 Å². The zero-order valence-electron chi connectivity index (χ0n) is 14.3. The van der Waals surface area contributed by atoms with Gasteiger partial charge in [0.1, 0.15) is 6.10 Å². The second kappa shape index (κ2) is 9.84. The van der Waals surface area contributed by atoms with Crippen LogP contribution in [-0.4, -0.2) is 63.5 Å². The predicted octanol–water partition coefficient (Wildman–Crippen LogP) is 2.05. The van der Waals surface area contributed by atoms with Gasteiger partial charge in [-0.3, -0.25) is 4.90 Å². The molecule has 0 saturated carbocycles. The first kappa shape index (κ1) is 19.0. The summed E-state index contributed by atoms with van der Waals surface area (Å²) < 4.78 is 10.8. The number of carbonyl (C=O) groups is 1. The number of rotatable bonds is 7. The zero-order chi connectivity index (χ0) is 17.4. The smallest absolute Gasteiger partial charge is 0.315 e. The quantitative estimate of drug-likeness (QED) is 0.785. The molecule has 1 aromatic carbocycles. The predicted molar refractivity (Wildman–Crippen MR) is 94.5 cm³/mol. The third-order valence-electron chi connectivity index (χ3n) is 4.10. The van der Waals surface area contributed by atoms with Crippen molar-refractivity contribution in [3.8, 4) is 0 Å². The van der Waals surface area contributed by atoms with Crippen molar-refractivity contribution in [1.82, 2.24) is 15.5 Å². The minimum Gasteiger partial charge on any atom is -0.379 e. The Morgan fingerprint density at radius 1 is 1.38 bits per heavy atom. The summed E-state index contributed by atoms with van der Waals surface area (Å²) in [5, 5.41) is 6.43. The van der Waals surface area contributed by atoms with Gasteiger partial charge >= 0.3 is 6.03 Å². The van der Waals surface area contributed by atoms with Crippen LogP contribution in [0.5, 0.6) is 0 Å². The van der Waals surface area contributed by atoms with Crippen molar-refractivity contribution in [3.63, 3.8) is 0 Å². The Kier molecular flexibility index (Phi) is 7.78. The van der Waals surface area contributed by atoms with Gasteiger partial charge in [0.15, 0.2) is 0 Å². The van der Waals surface area contributed by atoms with E-state index >= 15 is 0 Å². The van der Waals surface area contributed by atoms with Crippen LogP contribution < -0.4 is 10.6 Å². The summed E-state index contributed by atoms with van der Waals surface area (Å²) in [5.74, 6) is 0. The van der Waals surface area contributed by atoms with Crippen LogP contribution in [0.2, 0.25) is 5.02 Å². The summed E-state index contributed by atoms with van der Waals surface area (Å²) in [6, 6.07) is 7.09. The first-order chi connectivity index (χ1) is 11.6. The monoisotopic (exact) mass is 355 g/mol. The van der Waals surface area contributed by atoms with Crippen LogP contribution in [-0.2, 0) is 9.47 Å². The standard InChI is InChI=1S/C17H26ClN3O3/c1-13(16(23-2)14-5-3-4-6-15(14)18)20-17(22)19-7-8-21-9-11-24-12-10-21/h3-6,13,16H,7-12H2,1-2H3,(H2,19,20,22). The Bertz CT molecular complexity index is 524. The normalized spacial score (nSPS) is 18.0. The number of amides is 2. The maximum absolute atomic E-state index is 12.1. The third-order valence-corrected chi connectivity index (χ3v) is 4.44. The lowest BCUT2D eigenvalue weighted by molar-refractivity contribution is 0.0386. The van der Waals surface area contributed by atoms with E-state index in [1.165, 1.54) is 0 Å². The highest BCUT2D eigenvalue weighted by atomic mass is 35.5. The van der Waals surface area contributed by atoms with Gasteiger partial charge in [-0.15, -0.1) is 0 Å². The van der Waals surface area contributed by atoms with E-state index < -0.39 is 0 Å². The van der Waals surface area contributed by atoms with Crippen LogP contribution in [0.4, 0.5) is 4.79 Å². The van der Waals surface area contributed by atoms with E-state index in [1.807, 2.05) is 31.2 Å². The minimum atomic E-state index is -0.302. The largest absolute Gasteiger partial charge is 0.379 e. The van der Waals surface area contributed by atoms with Crippen LogP contribution in [0.1, 0.15) is 18.6 Å². The van der Waals surface area contributed by atoms with Gasteiger partial charge in [0, 0.05) is 43.9 Å². The molecular formula is C17H26ClN3O3. The van der Waals surface area contributed by atoms with Gasteiger partial charge in [-0.2, -0.15) is 0 Å². The molecule has 1 aliphatic heterocycles. The van der Waals surface area contributed by atoms with Crippen molar-refractivity contribution < 1.29 is 14.3 Å². The molecule has 2 unspecified atom stereocenters. The number of methoxy groups -OCH3 is 1. The molecule has 2 N–H and O–H groups in total. The van der Waals surface area contributed by atoms with Crippen molar-refractivity contribution in [1.29, 1.82) is 0 Å². The second-order valence-corrected chi connectivity index (χ2v) is 6.23. The van der Waals surface area contributed by atoms with Crippen molar-refractivity contribution in [3.05, 3.63) is 34.9 Å². The first-order valence-electron chi connectivity index (χ1n) is 8.23. The maximum Gasteiger partial charge on any atom is 0.315 e. The highest BCUT2D eigenvalue weighted by Gasteiger charge is 2.22. The van der Waals surface area contributed by atoms with E-state index in [4.69, 9.17) is 21.1 Å². The molecule has 0 aromatic heterocycles. The average Bonchev–Trinajstić information content (AvgIpc) is 2.58. The Hall–Kier alpha value is -1.34. The number of hydrogen-bond donors (Lipinski definition) is 2. The van der Waals surface area contributed by atoms with Crippen molar-refractivity contribution in [2.45, 2.75) is 19.1 Å². The number of hydrogen-bond acceptors (Lipinski definition) is 4. The van der Waals surface area contributed by atoms with Crippen molar-refractivity contribution in [2.75, 3.05) is 46.5 Å². The van der Waals surface area contributed by atoms with Crippen LogP contribution >= 0.6 is 11.6 Å². The average molecular weight is 356 g/mol. The Balaban J connectivity index is 1.78. The van der Waals surface area contributed by atoms with Crippen molar-refractivity contribution >= 4 is 17.6 Å². The summed E-state index contributed by atoms with van der Waals surface area (Å²) >= 11 is 6.22. The van der Waals surface area contributed by atoms with Gasteiger partial charge in [-0.25, -0.2) is 4.79 Å². The number of benzene rings is 1. The Morgan fingerprint density at radius 3 is 2.75 bits per heavy atom. The highest BCUT2D eigenvalue weighted by Crippen LogP contribution is 2.27. The molecule has 0 aliphatic carbocycles. The van der Waals surface area contributed by atoms with Gasteiger partial charge in [-0.1, -0.05) is 29.8 Å². The molecule has 1 fully saturated rings. The molecular weight excluding hydrogens is 330 g/mol. The van der Waals surface area contributed by atoms with E-state index in [0.29, 0.717) is 11.6 Å². The molecule has 2 rings (SSSR count). The number of morpholine rings is 1. The molecule has 0 spiro atoms. The van der Waals surface area contributed by atoms with Crippen LogP contribution in [0.15, 0.2) is 24.3 Å². The maximum atomic E-state index is 12.1. The van der Waals surface area contributed by atoms with Crippen molar-refractivity contribution in [2.24, 2.45) is 0 Å². The lowest BCUT2D eigenvalue weighted by atomic mass is 10.0. The van der Waals surface area contributed by atoms with E-state index in [2.05, 4.69) is 15.5 Å².